The maximum absolute atomic E-state index is 15.1. The number of carbonyl (C=O) groups excluding carboxylic acids is 2. The van der Waals surface area contributed by atoms with Crippen LogP contribution in [0.1, 0.15) is 37.8 Å². The SMILES string of the molecule is CCC12CC(C)(O)N(c3c(F)cc(C#Cc4ccccc4)cc3F)C(=O)N1CCNC2=O. The van der Waals surface area contributed by atoms with Crippen LogP contribution in [-0.4, -0.2) is 46.3 Å². The summed E-state index contributed by atoms with van der Waals surface area (Å²) in [5, 5.41) is 13.8. The van der Waals surface area contributed by atoms with E-state index in [1.165, 1.54) is 11.8 Å². The van der Waals surface area contributed by atoms with Crippen LogP contribution in [0.2, 0.25) is 0 Å². The van der Waals surface area contributed by atoms with Crippen molar-refractivity contribution in [2.75, 3.05) is 18.0 Å². The molecule has 2 aliphatic heterocycles. The van der Waals surface area contributed by atoms with Crippen LogP contribution in [0.3, 0.4) is 0 Å². The molecule has 32 heavy (non-hydrogen) atoms. The van der Waals surface area contributed by atoms with Crippen molar-refractivity contribution in [3.63, 3.8) is 0 Å². The highest BCUT2D eigenvalue weighted by Crippen LogP contribution is 2.43. The summed E-state index contributed by atoms with van der Waals surface area (Å²) in [7, 11) is 0. The molecule has 2 aromatic rings. The molecule has 2 heterocycles. The predicted molar refractivity (Wildman–Crippen MR) is 115 cm³/mol. The second-order valence-corrected chi connectivity index (χ2v) is 8.21. The summed E-state index contributed by atoms with van der Waals surface area (Å²) in [4.78, 5) is 28.0. The maximum atomic E-state index is 15.1. The minimum atomic E-state index is -1.99. The summed E-state index contributed by atoms with van der Waals surface area (Å²) in [5.41, 5.74) is -3.15. The van der Waals surface area contributed by atoms with Gasteiger partial charge >= 0.3 is 6.03 Å². The lowest BCUT2D eigenvalue weighted by atomic mass is 9.80. The monoisotopic (exact) mass is 439 g/mol. The number of hydrogen-bond acceptors (Lipinski definition) is 3. The van der Waals surface area contributed by atoms with Crippen molar-refractivity contribution in [3.05, 3.63) is 65.2 Å². The van der Waals surface area contributed by atoms with Crippen LogP contribution in [-0.2, 0) is 4.79 Å². The van der Waals surface area contributed by atoms with Crippen LogP contribution < -0.4 is 10.2 Å². The molecular formula is C24H23F2N3O3. The molecule has 4 rings (SSSR count). The zero-order valence-corrected chi connectivity index (χ0v) is 17.8. The molecule has 0 radical (unpaired) electrons. The Morgan fingerprint density at radius 3 is 2.34 bits per heavy atom. The molecule has 2 N–H and O–H groups in total. The highest BCUT2D eigenvalue weighted by molar-refractivity contribution is 6.01. The van der Waals surface area contributed by atoms with E-state index in [2.05, 4.69) is 17.2 Å². The average molecular weight is 439 g/mol. The minimum absolute atomic E-state index is 0.0944. The Balaban J connectivity index is 1.74. The Bertz CT molecular complexity index is 1120. The maximum Gasteiger partial charge on any atom is 0.327 e. The Kier molecular flexibility index (Phi) is 5.39. The van der Waals surface area contributed by atoms with Gasteiger partial charge in [-0.3, -0.25) is 9.69 Å². The van der Waals surface area contributed by atoms with E-state index in [0.717, 1.165) is 12.1 Å². The van der Waals surface area contributed by atoms with Gasteiger partial charge in [0.1, 0.15) is 17.0 Å². The molecule has 0 saturated carbocycles. The van der Waals surface area contributed by atoms with Gasteiger partial charge in [0.25, 0.3) is 0 Å². The van der Waals surface area contributed by atoms with Gasteiger partial charge < -0.3 is 15.3 Å². The van der Waals surface area contributed by atoms with Gasteiger partial charge in [-0.1, -0.05) is 37.0 Å². The van der Waals surface area contributed by atoms with Crippen molar-refractivity contribution in [2.24, 2.45) is 0 Å². The molecule has 2 aliphatic rings. The number of benzene rings is 2. The third kappa shape index (κ3) is 3.49. The Morgan fingerprint density at radius 1 is 1.09 bits per heavy atom. The van der Waals surface area contributed by atoms with Crippen molar-refractivity contribution in [2.45, 2.75) is 38.0 Å². The summed E-state index contributed by atoms with van der Waals surface area (Å²) in [5.74, 6) is 3.10. The number of piperazine rings is 1. The Hall–Kier alpha value is -3.44. The van der Waals surface area contributed by atoms with E-state index in [-0.39, 0.29) is 37.4 Å². The first kappa shape index (κ1) is 21.8. The van der Waals surface area contributed by atoms with E-state index in [0.29, 0.717) is 10.5 Å². The van der Waals surface area contributed by atoms with Crippen LogP contribution >= 0.6 is 0 Å². The third-order valence-corrected chi connectivity index (χ3v) is 6.04. The molecule has 2 saturated heterocycles. The quantitative estimate of drug-likeness (QED) is 0.707. The van der Waals surface area contributed by atoms with Gasteiger partial charge in [0.2, 0.25) is 5.91 Å². The van der Waals surface area contributed by atoms with Gasteiger partial charge in [-0.15, -0.1) is 0 Å². The number of halogens is 2. The lowest BCUT2D eigenvalue weighted by molar-refractivity contribution is -0.143. The van der Waals surface area contributed by atoms with Crippen LogP contribution in [0.15, 0.2) is 42.5 Å². The first-order chi connectivity index (χ1) is 15.2. The van der Waals surface area contributed by atoms with Gasteiger partial charge in [0, 0.05) is 30.6 Å². The van der Waals surface area contributed by atoms with E-state index in [1.807, 2.05) is 6.07 Å². The number of aliphatic hydroxyl groups is 1. The lowest BCUT2D eigenvalue weighted by Gasteiger charge is -2.56. The summed E-state index contributed by atoms with van der Waals surface area (Å²) < 4.78 is 30.2. The topological polar surface area (TPSA) is 72.9 Å². The van der Waals surface area contributed by atoms with E-state index >= 15 is 8.78 Å². The summed E-state index contributed by atoms with van der Waals surface area (Å²) in [6, 6.07) is 10.2. The van der Waals surface area contributed by atoms with Crippen LogP contribution in [0.25, 0.3) is 0 Å². The first-order valence-corrected chi connectivity index (χ1v) is 10.4. The fourth-order valence-corrected chi connectivity index (χ4v) is 4.53. The molecule has 2 aromatic carbocycles. The van der Waals surface area contributed by atoms with Crippen molar-refractivity contribution >= 4 is 17.6 Å². The molecule has 8 heteroatoms. The second-order valence-electron chi connectivity index (χ2n) is 8.21. The van der Waals surface area contributed by atoms with Crippen molar-refractivity contribution in [1.29, 1.82) is 0 Å². The molecule has 2 unspecified atom stereocenters. The van der Waals surface area contributed by atoms with Gasteiger partial charge in [-0.25, -0.2) is 13.6 Å². The Morgan fingerprint density at radius 2 is 1.72 bits per heavy atom. The second kappa shape index (κ2) is 7.92. The molecular weight excluding hydrogens is 416 g/mol. The number of fused-ring (bicyclic) bond motifs is 1. The number of amides is 3. The number of urea groups is 1. The third-order valence-electron chi connectivity index (χ3n) is 6.04. The Labute approximate surface area is 184 Å². The fraction of sp³-hybridized carbons (Fsp3) is 0.333. The fourth-order valence-electron chi connectivity index (χ4n) is 4.53. The zero-order chi connectivity index (χ0) is 23.1. The van der Waals surface area contributed by atoms with E-state index in [9.17, 15) is 14.7 Å². The number of nitrogens with one attached hydrogen (secondary N) is 1. The van der Waals surface area contributed by atoms with Gasteiger partial charge in [-0.05, 0) is 37.6 Å². The average Bonchev–Trinajstić information content (AvgIpc) is 2.75. The number of anilines is 1. The molecule has 0 bridgehead atoms. The first-order valence-electron chi connectivity index (χ1n) is 10.4. The van der Waals surface area contributed by atoms with Gasteiger partial charge in [0.05, 0.1) is 0 Å². The highest BCUT2D eigenvalue weighted by Gasteiger charge is 2.59. The van der Waals surface area contributed by atoms with E-state index in [4.69, 9.17) is 0 Å². The standard InChI is InChI=1S/C24H23F2N3O3/c1-3-24-15-23(2,32)29(22(31)28(24)12-11-27-21(24)30)20-18(25)13-17(14-19(20)26)10-9-16-7-5-4-6-8-16/h4-8,13-14,32H,3,11-12,15H2,1-2H3,(H,27,30). The summed E-state index contributed by atoms with van der Waals surface area (Å²) >= 11 is 0. The normalized spacial score (nSPS) is 25.0. The molecule has 166 valence electrons. The highest BCUT2D eigenvalue weighted by atomic mass is 19.1. The molecule has 6 nitrogen and oxygen atoms in total. The molecule has 0 aromatic heterocycles. The number of hydrogen-bond donors (Lipinski definition) is 2. The number of nitrogens with zero attached hydrogens (tertiary/aromatic N) is 2. The smallest absolute Gasteiger partial charge is 0.327 e. The van der Waals surface area contributed by atoms with Crippen molar-refractivity contribution in [3.8, 4) is 11.8 Å². The van der Waals surface area contributed by atoms with Crippen molar-refractivity contribution < 1.29 is 23.5 Å². The van der Waals surface area contributed by atoms with Crippen LogP contribution in [0.5, 0.6) is 0 Å². The van der Waals surface area contributed by atoms with E-state index in [1.54, 1.807) is 31.2 Å². The minimum Gasteiger partial charge on any atom is -0.371 e. The summed E-state index contributed by atoms with van der Waals surface area (Å²) in [6.45, 7) is 3.41. The molecule has 0 aliphatic carbocycles. The molecule has 0 spiro atoms. The van der Waals surface area contributed by atoms with E-state index < -0.39 is 34.6 Å². The predicted octanol–water partition coefficient (Wildman–Crippen LogP) is 2.98. The summed E-state index contributed by atoms with van der Waals surface area (Å²) in [6.07, 6.45) is 0.0655. The zero-order valence-electron chi connectivity index (χ0n) is 17.8. The van der Waals surface area contributed by atoms with Crippen molar-refractivity contribution in [1.82, 2.24) is 10.2 Å². The van der Waals surface area contributed by atoms with Crippen LogP contribution in [0, 0.1) is 23.5 Å². The molecule has 2 fully saturated rings. The molecule has 2 atom stereocenters. The van der Waals surface area contributed by atoms with Crippen LogP contribution in [0.4, 0.5) is 19.3 Å². The number of carbonyl (C=O) groups is 2. The van der Waals surface area contributed by atoms with Gasteiger partial charge in [0.15, 0.2) is 11.6 Å². The number of rotatable bonds is 2. The molecule has 3 amide bonds. The van der Waals surface area contributed by atoms with Gasteiger partial charge in [-0.2, -0.15) is 0 Å². The largest absolute Gasteiger partial charge is 0.371 e. The lowest BCUT2D eigenvalue weighted by Crippen LogP contribution is -2.76.